The molecule has 0 saturated carbocycles. The Morgan fingerprint density at radius 2 is 0.795 bits per heavy atom. The first-order chi connectivity index (χ1) is 35.5. The van der Waals surface area contributed by atoms with Gasteiger partial charge < -0.3 is 19.8 Å². The van der Waals surface area contributed by atoms with Crippen molar-refractivity contribution in [2.75, 3.05) is 40.9 Å². The minimum atomic E-state index is -4.35. The number of amides is 1. The Morgan fingerprint density at radius 3 is 1.18 bits per heavy atom. The molecule has 73 heavy (non-hydrogen) atoms. The number of carbonyl (C=O) groups is 1. The Bertz CT molecular complexity index is 1330. The van der Waals surface area contributed by atoms with Crippen molar-refractivity contribution in [2.45, 2.75) is 315 Å². The van der Waals surface area contributed by atoms with Crippen LogP contribution in [-0.4, -0.2) is 73.4 Å². The Kier molecular flexibility index (Phi) is 54.1. The lowest BCUT2D eigenvalue weighted by molar-refractivity contribution is -0.870. The summed E-state index contributed by atoms with van der Waals surface area (Å²) in [5.74, 6) is -0.185. The molecule has 0 aromatic rings. The van der Waals surface area contributed by atoms with Crippen molar-refractivity contribution in [3.8, 4) is 0 Å². The summed E-state index contributed by atoms with van der Waals surface area (Å²) in [7, 11) is 1.56. The summed E-state index contributed by atoms with van der Waals surface area (Å²) in [6, 6.07) is -0.862. The van der Waals surface area contributed by atoms with Gasteiger partial charge in [0.05, 0.1) is 39.9 Å². The molecule has 0 radical (unpaired) electrons. The lowest BCUT2D eigenvalue weighted by atomic mass is 10.0. The molecule has 0 saturated heterocycles. The molecule has 0 bridgehead atoms. The first kappa shape index (κ1) is 71.5. The maximum atomic E-state index is 13.0. The number of hydrogen-bond acceptors (Lipinski definition) is 5. The highest BCUT2D eigenvalue weighted by Gasteiger charge is 2.27. The maximum Gasteiger partial charge on any atom is 0.472 e. The van der Waals surface area contributed by atoms with Gasteiger partial charge >= 0.3 is 7.82 Å². The number of nitrogens with zero attached hydrogens (tertiary/aromatic N) is 1. The van der Waals surface area contributed by atoms with Crippen LogP contribution in [0.5, 0.6) is 0 Å². The number of phosphoric ester groups is 1. The smallest absolute Gasteiger partial charge is 0.387 e. The van der Waals surface area contributed by atoms with Gasteiger partial charge in [0.15, 0.2) is 0 Å². The van der Waals surface area contributed by atoms with Crippen LogP contribution in [0.15, 0.2) is 48.6 Å². The maximum absolute atomic E-state index is 13.0. The van der Waals surface area contributed by atoms with Crippen molar-refractivity contribution < 1.29 is 32.9 Å². The van der Waals surface area contributed by atoms with E-state index in [0.29, 0.717) is 17.4 Å². The van der Waals surface area contributed by atoms with Gasteiger partial charge in [-0.15, -0.1) is 0 Å². The second-order valence-electron chi connectivity index (χ2n) is 22.8. The van der Waals surface area contributed by atoms with Crippen molar-refractivity contribution in [1.29, 1.82) is 0 Å². The van der Waals surface area contributed by atoms with E-state index in [4.69, 9.17) is 9.05 Å². The molecule has 0 heterocycles. The molecule has 0 aromatic heterocycles. The lowest BCUT2D eigenvalue weighted by Gasteiger charge is -2.25. The van der Waals surface area contributed by atoms with Crippen LogP contribution in [0.1, 0.15) is 303 Å². The molecule has 0 spiro atoms. The van der Waals surface area contributed by atoms with Gasteiger partial charge in [0.1, 0.15) is 13.2 Å². The number of rotatable bonds is 58. The van der Waals surface area contributed by atoms with Gasteiger partial charge in [0.2, 0.25) is 5.91 Å². The fraction of sp³-hybridized carbons (Fsp3) is 0.859. The largest absolute Gasteiger partial charge is 0.472 e. The molecular formula is C64H124N2O6P+. The predicted octanol–water partition coefficient (Wildman–Crippen LogP) is 19.5. The summed E-state index contributed by atoms with van der Waals surface area (Å²) in [5, 5.41) is 13.9. The van der Waals surface area contributed by atoms with Crippen molar-refractivity contribution in [3.05, 3.63) is 48.6 Å². The van der Waals surface area contributed by atoms with Crippen LogP contribution >= 0.6 is 7.82 Å². The first-order valence-electron chi connectivity index (χ1n) is 31.5. The van der Waals surface area contributed by atoms with Crippen molar-refractivity contribution in [3.63, 3.8) is 0 Å². The Balaban J connectivity index is 3.89. The average Bonchev–Trinajstić information content (AvgIpc) is 3.35. The minimum absolute atomic E-state index is 0.0562. The van der Waals surface area contributed by atoms with Gasteiger partial charge in [-0.25, -0.2) is 4.57 Å². The third kappa shape index (κ3) is 58.0. The molecule has 0 aliphatic carbocycles. The topological polar surface area (TPSA) is 105 Å². The molecule has 0 aromatic carbocycles. The summed E-state index contributed by atoms with van der Waals surface area (Å²) in [5.41, 5.74) is 0. The van der Waals surface area contributed by atoms with E-state index >= 15 is 0 Å². The van der Waals surface area contributed by atoms with Gasteiger partial charge in [-0.3, -0.25) is 13.8 Å². The normalized spacial score (nSPS) is 14.1. The molecular weight excluding hydrogens is 924 g/mol. The highest BCUT2D eigenvalue weighted by molar-refractivity contribution is 7.47. The van der Waals surface area contributed by atoms with Crippen molar-refractivity contribution >= 4 is 13.7 Å². The number of likely N-dealkylation sites (N-methyl/N-ethyl adjacent to an activating group) is 1. The molecule has 3 atom stereocenters. The van der Waals surface area contributed by atoms with Crippen molar-refractivity contribution in [1.82, 2.24) is 5.32 Å². The van der Waals surface area contributed by atoms with E-state index in [2.05, 4.69) is 55.6 Å². The number of allylic oxidation sites excluding steroid dienone is 7. The molecule has 8 nitrogen and oxygen atoms in total. The van der Waals surface area contributed by atoms with E-state index in [0.717, 1.165) is 44.9 Å². The Labute approximate surface area is 454 Å². The summed E-state index contributed by atoms with van der Waals surface area (Å²) < 4.78 is 23.6. The second-order valence-corrected chi connectivity index (χ2v) is 24.2. The molecule has 9 heteroatoms. The van der Waals surface area contributed by atoms with E-state index in [1.54, 1.807) is 6.08 Å². The Morgan fingerprint density at radius 1 is 0.466 bits per heavy atom. The zero-order valence-electron chi connectivity index (χ0n) is 49.1. The molecule has 0 fully saturated rings. The van der Waals surface area contributed by atoms with E-state index in [-0.39, 0.29) is 19.1 Å². The van der Waals surface area contributed by atoms with Crippen LogP contribution < -0.4 is 5.32 Å². The fourth-order valence-electron chi connectivity index (χ4n) is 9.33. The number of hydrogen-bond donors (Lipinski definition) is 3. The van der Waals surface area contributed by atoms with Crippen LogP contribution in [0, 0.1) is 0 Å². The number of carbonyl (C=O) groups excluding carboxylic acids is 1. The van der Waals surface area contributed by atoms with Crippen LogP contribution in [-0.2, 0) is 18.4 Å². The Hall–Kier alpha value is -1.54. The lowest BCUT2D eigenvalue weighted by Crippen LogP contribution is -2.45. The molecule has 0 aliphatic rings. The number of nitrogens with one attached hydrogen (secondary N) is 1. The molecule has 3 unspecified atom stereocenters. The molecule has 430 valence electrons. The SMILES string of the molecule is CCCCCCCC/C=C/CC/C=C/C(O)C(COP(=O)(O)OCC[N+](C)(C)C)NC(=O)CCCCCCCCCCCCCCCCCCC/C=C\C/C=C\CCCCCCCCCCCCCCCCC. The fourth-order valence-corrected chi connectivity index (χ4v) is 10.1. The minimum Gasteiger partial charge on any atom is -0.387 e. The van der Waals surface area contributed by atoms with Gasteiger partial charge in [0, 0.05) is 6.42 Å². The van der Waals surface area contributed by atoms with Gasteiger partial charge in [0.25, 0.3) is 0 Å². The quantitative estimate of drug-likeness (QED) is 0.0243. The molecule has 0 aliphatic heterocycles. The number of aliphatic hydroxyl groups excluding tert-OH is 1. The third-order valence-electron chi connectivity index (χ3n) is 14.3. The zero-order chi connectivity index (χ0) is 53.5. The summed E-state index contributed by atoms with van der Waals surface area (Å²) >= 11 is 0. The number of quaternary nitrogens is 1. The summed E-state index contributed by atoms with van der Waals surface area (Å²) in [6.45, 7) is 4.80. The molecule has 1 amide bonds. The van der Waals surface area contributed by atoms with Gasteiger partial charge in [-0.1, -0.05) is 281 Å². The first-order valence-corrected chi connectivity index (χ1v) is 33.0. The summed E-state index contributed by atoms with van der Waals surface area (Å²) in [4.78, 5) is 23.2. The standard InChI is InChI=1S/C64H123N2O6P/c1-6-8-10-12-14-16-18-20-21-22-23-24-25-26-27-28-29-30-31-32-33-34-35-36-37-38-39-40-41-42-43-44-45-46-48-50-52-54-56-58-64(68)65-62(61-72-73(69,70)71-60-59-66(3,4)5)63(67)57-55-53-51-49-47-19-17-15-13-11-9-7-2/h29-30,32-33,47,49,55,57,62-63,67H,6-28,31,34-46,48,50-54,56,58-61H2,1-5H3,(H-,65,68,69,70)/p+1/b30-29-,33-32-,49-47+,57-55+. The number of phosphoric acid groups is 1. The number of aliphatic hydroxyl groups is 1. The third-order valence-corrected chi connectivity index (χ3v) is 15.3. The van der Waals surface area contributed by atoms with Gasteiger partial charge in [-0.2, -0.15) is 0 Å². The monoisotopic (exact) mass is 1050 g/mol. The average molecular weight is 1050 g/mol. The second kappa shape index (κ2) is 55.2. The molecule has 0 rings (SSSR count). The number of unbranched alkanes of at least 4 members (excludes halogenated alkanes) is 39. The van der Waals surface area contributed by atoms with Crippen LogP contribution in [0.25, 0.3) is 0 Å². The van der Waals surface area contributed by atoms with Crippen molar-refractivity contribution in [2.24, 2.45) is 0 Å². The van der Waals surface area contributed by atoms with Crippen LogP contribution in [0.3, 0.4) is 0 Å². The van der Waals surface area contributed by atoms with E-state index < -0.39 is 20.0 Å². The highest BCUT2D eigenvalue weighted by atomic mass is 31.2. The highest BCUT2D eigenvalue weighted by Crippen LogP contribution is 2.43. The van der Waals surface area contributed by atoms with E-state index in [9.17, 15) is 19.4 Å². The van der Waals surface area contributed by atoms with Crippen LogP contribution in [0.2, 0.25) is 0 Å². The van der Waals surface area contributed by atoms with E-state index in [1.807, 2.05) is 27.2 Å². The summed E-state index contributed by atoms with van der Waals surface area (Å²) in [6.07, 6.45) is 74.1. The van der Waals surface area contributed by atoms with E-state index in [1.165, 1.54) is 238 Å². The molecule has 3 N–H and O–H groups in total. The zero-order valence-corrected chi connectivity index (χ0v) is 50.0. The van der Waals surface area contributed by atoms with Crippen LogP contribution in [0.4, 0.5) is 0 Å². The van der Waals surface area contributed by atoms with Gasteiger partial charge in [-0.05, 0) is 64.2 Å². The predicted molar refractivity (Wildman–Crippen MR) is 318 cm³/mol.